The lowest BCUT2D eigenvalue weighted by molar-refractivity contribution is 0.0570. The molecule has 1 aromatic rings. The van der Waals surface area contributed by atoms with Crippen molar-refractivity contribution in [2.75, 3.05) is 37.6 Å². The van der Waals surface area contributed by atoms with Crippen LogP contribution >= 0.6 is 0 Å². The van der Waals surface area contributed by atoms with Crippen molar-refractivity contribution in [1.82, 2.24) is 14.9 Å². The fourth-order valence-electron chi connectivity index (χ4n) is 3.27. The number of nitrogens with zero attached hydrogens (tertiary/aromatic N) is 5. The number of hydrogen-bond acceptors (Lipinski definition) is 5. The lowest BCUT2D eigenvalue weighted by Crippen LogP contribution is -2.51. The van der Waals surface area contributed by atoms with Crippen molar-refractivity contribution in [2.45, 2.75) is 32.5 Å². The van der Waals surface area contributed by atoms with Crippen LogP contribution in [0.25, 0.3) is 0 Å². The van der Waals surface area contributed by atoms with Crippen molar-refractivity contribution in [1.29, 1.82) is 0 Å². The summed E-state index contributed by atoms with van der Waals surface area (Å²) in [5, 5.41) is 0. The summed E-state index contributed by atoms with van der Waals surface area (Å²) in [7, 11) is 0. The van der Waals surface area contributed by atoms with E-state index in [1.165, 1.54) is 0 Å². The van der Waals surface area contributed by atoms with Crippen molar-refractivity contribution >= 4 is 11.9 Å². The predicted molar refractivity (Wildman–Crippen MR) is 90.4 cm³/mol. The van der Waals surface area contributed by atoms with E-state index in [2.05, 4.69) is 38.6 Å². The van der Waals surface area contributed by atoms with E-state index in [0.717, 1.165) is 45.1 Å². The van der Waals surface area contributed by atoms with Crippen molar-refractivity contribution < 1.29 is 4.74 Å². The molecule has 0 amide bonds. The second-order valence-electron chi connectivity index (χ2n) is 6.37. The molecule has 2 N–H and O–H groups in total. The quantitative estimate of drug-likeness (QED) is 0.654. The van der Waals surface area contributed by atoms with Crippen LogP contribution < -0.4 is 10.6 Å². The molecule has 23 heavy (non-hydrogen) atoms. The van der Waals surface area contributed by atoms with Gasteiger partial charge in [0.25, 0.3) is 0 Å². The zero-order valence-corrected chi connectivity index (χ0v) is 13.9. The Kier molecular flexibility index (Phi) is 4.95. The van der Waals surface area contributed by atoms with Gasteiger partial charge in [0.2, 0.25) is 5.95 Å². The molecular formula is C16H26N6O. The first-order valence-corrected chi connectivity index (χ1v) is 8.36. The maximum atomic E-state index is 6.18. The number of piperazine rings is 1. The average molecular weight is 318 g/mol. The highest BCUT2D eigenvalue weighted by molar-refractivity contribution is 5.78. The van der Waals surface area contributed by atoms with Gasteiger partial charge < -0.3 is 20.3 Å². The molecule has 0 aromatic carbocycles. The van der Waals surface area contributed by atoms with Crippen LogP contribution in [0.4, 0.5) is 5.95 Å². The molecule has 0 spiro atoms. The molecule has 2 saturated heterocycles. The molecule has 2 aliphatic rings. The minimum atomic E-state index is 0.272. The summed E-state index contributed by atoms with van der Waals surface area (Å²) in [6.07, 6.45) is 5.22. The third-order valence-electron chi connectivity index (χ3n) is 4.67. The third kappa shape index (κ3) is 3.90. The Morgan fingerprint density at radius 1 is 1.26 bits per heavy atom. The van der Waals surface area contributed by atoms with E-state index in [-0.39, 0.29) is 6.10 Å². The molecule has 3 atom stereocenters. The maximum Gasteiger partial charge on any atom is 0.225 e. The van der Waals surface area contributed by atoms with E-state index in [1.807, 2.05) is 6.07 Å². The Morgan fingerprint density at radius 2 is 1.96 bits per heavy atom. The fourth-order valence-corrected chi connectivity index (χ4v) is 3.27. The van der Waals surface area contributed by atoms with Crippen LogP contribution in [0.1, 0.15) is 20.3 Å². The SMILES string of the molecule is CC1CC(CN=C(N)N2CCN(c3ncccn3)CC2)C(C)O1. The second-order valence-corrected chi connectivity index (χ2v) is 6.37. The van der Waals surface area contributed by atoms with Crippen LogP contribution in [0.15, 0.2) is 23.5 Å². The predicted octanol–water partition coefficient (Wildman–Crippen LogP) is 0.727. The van der Waals surface area contributed by atoms with Gasteiger partial charge in [-0.3, -0.25) is 4.99 Å². The number of anilines is 1. The molecule has 0 saturated carbocycles. The molecule has 2 fully saturated rings. The molecule has 3 rings (SSSR count). The van der Waals surface area contributed by atoms with Crippen molar-refractivity contribution in [3.05, 3.63) is 18.5 Å². The first-order valence-electron chi connectivity index (χ1n) is 8.36. The molecule has 0 radical (unpaired) electrons. The first kappa shape index (κ1) is 16.0. The van der Waals surface area contributed by atoms with Gasteiger partial charge in [0.05, 0.1) is 12.2 Å². The monoisotopic (exact) mass is 318 g/mol. The Labute approximate surface area is 137 Å². The first-order chi connectivity index (χ1) is 11.1. The van der Waals surface area contributed by atoms with E-state index in [1.54, 1.807) is 12.4 Å². The van der Waals surface area contributed by atoms with Crippen LogP contribution in [0, 0.1) is 5.92 Å². The molecule has 2 aliphatic heterocycles. The summed E-state index contributed by atoms with van der Waals surface area (Å²) < 4.78 is 5.77. The van der Waals surface area contributed by atoms with E-state index in [9.17, 15) is 0 Å². The van der Waals surface area contributed by atoms with Crippen LogP contribution in [-0.2, 0) is 4.74 Å². The van der Waals surface area contributed by atoms with Crippen molar-refractivity contribution in [3.63, 3.8) is 0 Å². The second kappa shape index (κ2) is 7.12. The van der Waals surface area contributed by atoms with E-state index < -0.39 is 0 Å². The van der Waals surface area contributed by atoms with E-state index >= 15 is 0 Å². The van der Waals surface area contributed by atoms with Gasteiger partial charge in [-0.25, -0.2) is 9.97 Å². The minimum absolute atomic E-state index is 0.272. The number of hydrogen-bond donors (Lipinski definition) is 1. The normalized spacial score (nSPS) is 29.1. The summed E-state index contributed by atoms with van der Waals surface area (Å²) in [6, 6.07) is 1.83. The molecule has 126 valence electrons. The number of ether oxygens (including phenoxy) is 1. The number of nitrogens with two attached hydrogens (primary N) is 1. The zero-order chi connectivity index (χ0) is 16.2. The number of guanidine groups is 1. The molecule has 3 unspecified atom stereocenters. The molecule has 3 heterocycles. The summed E-state index contributed by atoms with van der Waals surface area (Å²) in [4.78, 5) is 17.5. The van der Waals surface area contributed by atoms with Gasteiger partial charge in [-0.1, -0.05) is 0 Å². The lowest BCUT2D eigenvalue weighted by Gasteiger charge is -2.35. The molecule has 0 aliphatic carbocycles. The Bertz CT molecular complexity index is 529. The Morgan fingerprint density at radius 3 is 2.57 bits per heavy atom. The third-order valence-corrected chi connectivity index (χ3v) is 4.67. The Hall–Kier alpha value is -1.89. The standard InChI is InChI=1S/C16H26N6O/c1-12-10-14(13(2)23-12)11-20-15(17)21-6-8-22(9-7-21)16-18-4-3-5-19-16/h3-5,12-14H,6-11H2,1-2H3,(H2,17,20). The van der Waals surface area contributed by atoms with Gasteiger partial charge >= 0.3 is 0 Å². The van der Waals surface area contributed by atoms with Gasteiger partial charge in [-0.05, 0) is 26.3 Å². The van der Waals surface area contributed by atoms with Gasteiger partial charge in [0, 0.05) is 51.0 Å². The Balaban J connectivity index is 1.50. The van der Waals surface area contributed by atoms with Gasteiger partial charge in [-0.15, -0.1) is 0 Å². The van der Waals surface area contributed by atoms with Gasteiger partial charge in [-0.2, -0.15) is 0 Å². The van der Waals surface area contributed by atoms with Gasteiger partial charge in [0.15, 0.2) is 5.96 Å². The summed E-state index contributed by atoms with van der Waals surface area (Å²) in [5.74, 6) is 1.90. The minimum Gasteiger partial charge on any atom is -0.375 e. The summed E-state index contributed by atoms with van der Waals surface area (Å²) >= 11 is 0. The maximum absolute atomic E-state index is 6.18. The van der Waals surface area contributed by atoms with E-state index in [0.29, 0.717) is 18.0 Å². The topological polar surface area (TPSA) is 79.9 Å². The zero-order valence-electron chi connectivity index (χ0n) is 13.9. The smallest absolute Gasteiger partial charge is 0.225 e. The lowest BCUT2D eigenvalue weighted by atomic mass is 10.0. The number of rotatable bonds is 3. The highest BCUT2D eigenvalue weighted by Gasteiger charge is 2.29. The number of aliphatic imine (C=N–C) groups is 1. The van der Waals surface area contributed by atoms with Gasteiger partial charge in [0.1, 0.15) is 0 Å². The highest BCUT2D eigenvalue weighted by atomic mass is 16.5. The molecule has 0 bridgehead atoms. The highest BCUT2D eigenvalue weighted by Crippen LogP contribution is 2.26. The summed E-state index contributed by atoms with van der Waals surface area (Å²) in [5.41, 5.74) is 6.18. The van der Waals surface area contributed by atoms with Crippen LogP contribution in [-0.4, -0.2) is 65.8 Å². The van der Waals surface area contributed by atoms with Crippen LogP contribution in [0.5, 0.6) is 0 Å². The van der Waals surface area contributed by atoms with E-state index in [4.69, 9.17) is 10.5 Å². The van der Waals surface area contributed by atoms with Crippen molar-refractivity contribution in [3.8, 4) is 0 Å². The molecule has 7 heteroatoms. The molecule has 1 aromatic heterocycles. The fraction of sp³-hybridized carbons (Fsp3) is 0.688. The van der Waals surface area contributed by atoms with Crippen LogP contribution in [0.3, 0.4) is 0 Å². The summed E-state index contributed by atoms with van der Waals surface area (Å²) in [6.45, 7) is 8.41. The largest absolute Gasteiger partial charge is 0.375 e. The molecule has 7 nitrogen and oxygen atoms in total. The average Bonchev–Trinajstić information content (AvgIpc) is 2.91. The van der Waals surface area contributed by atoms with Crippen molar-refractivity contribution in [2.24, 2.45) is 16.6 Å². The molecular weight excluding hydrogens is 292 g/mol. The number of aromatic nitrogens is 2. The van der Waals surface area contributed by atoms with Crippen LogP contribution in [0.2, 0.25) is 0 Å².